The molecule has 0 aliphatic heterocycles. The predicted molar refractivity (Wildman–Crippen MR) is 49.8 cm³/mol. The Hall–Kier alpha value is -0.890. The maximum Gasteiger partial charge on any atom is 0.0687 e. The van der Waals surface area contributed by atoms with E-state index in [2.05, 4.69) is 0 Å². The molecule has 0 aromatic heterocycles. The average molecular weight is 171 g/mol. The Morgan fingerprint density at radius 1 is 1.27 bits per heavy atom. The number of benzene rings is 1. The monoisotopic (exact) mass is 170 g/mol. The molecule has 2 nitrogen and oxygen atoms in total. The summed E-state index contributed by atoms with van der Waals surface area (Å²) >= 11 is 5.88. The summed E-state index contributed by atoms with van der Waals surface area (Å²) in [6.07, 6.45) is 0. The summed E-state index contributed by atoms with van der Waals surface area (Å²) in [5.74, 6) is 0. The lowest BCUT2D eigenvalue weighted by atomic mass is 10.1. The summed E-state index contributed by atoms with van der Waals surface area (Å²) in [5.41, 5.74) is 14.4. The smallest absolute Gasteiger partial charge is 0.0687 e. The molecule has 0 saturated carbocycles. The fourth-order valence-corrected chi connectivity index (χ4v) is 1.18. The van der Waals surface area contributed by atoms with Crippen molar-refractivity contribution in [1.29, 1.82) is 0 Å². The van der Waals surface area contributed by atoms with Crippen molar-refractivity contribution in [1.82, 2.24) is 0 Å². The van der Waals surface area contributed by atoms with E-state index in [4.69, 9.17) is 23.1 Å². The largest absolute Gasteiger partial charge is 0.398 e. The van der Waals surface area contributed by atoms with Crippen molar-refractivity contribution in [3.05, 3.63) is 22.2 Å². The van der Waals surface area contributed by atoms with Gasteiger partial charge in [-0.1, -0.05) is 11.6 Å². The fraction of sp³-hybridized carbons (Fsp3) is 0.250. The molecular formula is C8H11ClN2. The van der Waals surface area contributed by atoms with Crippen LogP contribution in [0.2, 0.25) is 5.02 Å². The van der Waals surface area contributed by atoms with Crippen LogP contribution in [-0.2, 0) is 0 Å². The number of rotatable bonds is 0. The van der Waals surface area contributed by atoms with Crippen LogP contribution in [0.25, 0.3) is 0 Å². The summed E-state index contributed by atoms with van der Waals surface area (Å²) in [4.78, 5) is 0. The van der Waals surface area contributed by atoms with Gasteiger partial charge < -0.3 is 11.5 Å². The Kier molecular flexibility index (Phi) is 1.96. The predicted octanol–water partition coefficient (Wildman–Crippen LogP) is 2.12. The van der Waals surface area contributed by atoms with Gasteiger partial charge in [-0.2, -0.15) is 0 Å². The van der Waals surface area contributed by atoms with Gasteiger partial charge in [-0.05, 0) is 31.0 Å². The molecule has 0 fully saturated rings. The van der Waals surface area contributed by atoms with E-state index in [1.165, 1.54) is 0 Å². The molecular weight excluding hydrogens is 160 g/mol. The summed E-state index contributed by atoms with van der Waals surface area (Å²) in [7, 11) is 0. The van der Waals surface area contributed by atoms with Gasteiger partial charge in [0.1, 0.15) is 0 Å². The van der Waals surface area contributed by atoms with Crippen LogP contribution in [0.5, 0.6) is 0 Å². The lowest BCUT2D eigenvalue weighted by Gasteiger charge is -2.08. The van der Waals surface area contributed by atoms with E-state index in [0.717, 1.165) is 11.1 Å². The van der Waals surface area contributed by atoms with Crippen LogP contribution >= 0.6 is 11.6 Å². The molecule has 11 heavy (non-hydrogen) atoms. The van der Waals surface area contributed by atoms with Gasteiger partial charge in [0.25, 0.3) is 0 Å². The molecule has 0 atom stereocenters. The first-order valence-electron chi connectivity index (χ1n) is 3.34. The zero-order valence-electron chi connectivity index (χ0n) is 6.61. The minimum atomic E-state index is 0.572. The summed E-state index contributed by atoms with van der Waals surface area (Å²) in [6.45, 7) is 3.74. The Labute approximate surface area is 71.1 Å². The highest BCUT2D eigenvalue weighted by molar-refractivity contribution is 6.34. The Morgan fingerprint density at radius 2 is 1.82 bits per heavy atom. The fourth-order valence-electron chi connectivity index (χ4n) is 0.921. The van der Waals surface area contributed by atoms with Gasteiger partial charge in [-0.15, -0.1) is 0 Å². The lowest BCUT2D eigenvalue weighted by molar-refractivity contribution is 1.40. The molecule has 0 heterocycles. The van der Waals surface area contributed by atoms with E-state index in [9.17, 15) is 0 Å². The molecule has 1 aromatic carbocycles. The highest BCUT2D eigenvalue weighted by atomic mass is 35.5. The number of nitrogens with two attached hydrogens (primary N) is 2. The van der Waals surface area contributed by atoms with Crippen LogP contribution in [-0.4, -0.2) is 0 Å². The van der Waals surface area contributed by atoms with Crippen molar-refractivity contribution >= 4 is 23.0 Å². The molecule has 0 unspecified atom stereocenters. The third-order valence-electron chi connectivity index (χ3n) is 1.80. The second kappa shape index (κ2) is 2.62. The number of hydrogen-bond acceptors (Lipinski definition) is 2. The van der Waals surface area contributed by atoms with Gasteiger partial charge in [0.05, 0.1) is 10.7 Å². The summed E-state index contributed by atoms with van der Waals surface area (Å²) in [6, 6.07) is 1.83. The van der Waals surface area contributed by atoms with Crippen molar-refractivity contribution < 1.29 is 0 Å². The molecule has 1 rings (SSSR count). The molecule has 0 saturated heterocycles. The summed E-state index contributed by atoms with van der Waals surface area (Å²) < 4.78 is 0. The molecule has 4 N–H and O–H groups in total. The van der Waals surface area contributed by atoms with Crippen LogP contribution in [0.4, 0.5) is 11.4 Å². The topological polar surface area (TPSA) is 52.0 Å². The van der Waals surface area contributed by atoms with E-state index >= 15 is 0 Å². The third kappa shape index (κ3) is 1.26. The molecule has 0 aliphatic carbocycles. The quantitative estimate of drug-likeness (QED) is 0.586. The number of aryl methyl sites for hydroxylation is 1. The first-order chi connectivity index (χ1) is 5.04. The van der Waals surface area contributed by atoms with Crippen molar-refractivity contribution in [2.24, 2.45) is 0 Å². The zero-order chi connectivity index (χ0) is 8.59. The van der Waals surface area contributed by atoms with Gasteiger partial charge >= 0.3 is 0 Å². The Morgan fingerprint density at radius 3 is 2.36 bits per heavy atom. The molecule has 0 aliphatic rings. The zero-order valence-corrected chi connectivity index (χ0v) is 7.37. The highest BCUT2D eigenvalue weighted by Gasteiger charge is 2.05. The Bertz CT molecular complexity index is 268. The minimum absolute atomic E-state index is 0.572. The van der Waals surface area contributed by atoms with E-state index in [-0.39, 0.29) is 0 Å². The second-order valence-electron chi connectivity index (χ2n) is 2.64. The normalized spacial score (nSPS) is 10.1. The first-order valence-corrected chi connectivity index (χ1v) is 3.72. The van der Waals surface area contributed by atoms with E-state index in [0.29, 0.717) is 16.4 Å². The second-order valence-corrected chi connectivity index (χ2v) is 3.01. The summed E-state index contributed by atoms with van der Waals surface area (Å²) in [5, 5.41) is 0.572. The molecule has 3 heteroatoms. The maximum atomic E-state index is 5.88. The first kappa shape index (κ1) is 8.21. The molecule has 60 valence electrons. The number of hydrogen-bond donors (Lipinski definition) is 2. The average Bonchev–Trinajstić information content (AvgIpc) is 1.97. The maximum absolute atomic E-state index is 5.88. The van der Waals surface area contributed by atoms with Crippen molar-refractivity contribution in [3.8, 4) is 0 Å². The minimum Gasteiger partial charge on any atom is -0.398 e. The van der Waals surface area contributed by atoms with Crippen LogP contribution in [0.3, 0.4) is 0 Å². The number of anilines is 2. The number of halogens is 1. The van der Waals surface area contributed by atoms with Crippen LogP contribution in [0.15, 0.2) is 6.07 Å². The van der Waals surface area contributed by atoms with Crippen LogP contribution < -0.4 is 11.5 Å². The van der Waals surface area contributed by atoms with Crippen molar-refractivity contribution in [2.75, 3.05) is 11.5 Å². The molecule has 0 bridgehead atoms. The van der Waals surface area contributed by atoms with E-state index < -0.39 is 0 Å². The highest BCUT2D eigenvalue weighted by Crippen LogP contribution is 2.30. The Balaban J connectivity index is 3.46. The van der Waals surface area contributed by atoms with Gasteiger partial charge in [0, 0.05) is 5.69 Å². The lowest BCUT2D eigenvalue weighted by Crippen LogP contribution is -1.97. The van der Waals surface area contributed by atoms with Crippen LogP contribution in [0.1, 0.15) is 11.1 Å². The van der Waals surface area contributed by atoms with Crippen molar-refractivity contribution in [2.45, 2.75) is 13.8 Å². The van der Waals surface area contributed by atoms with E-state index in [1.54, 1.807) is 0 Å². The van der Waals surface area contributed by atoms with Crippen molar-refractivity contribution in [3.63, 3.8) is 0 Å². The molecule has 0 radical (unpaired) electrons. The van der Waals surface area contributed by atoms with Gasteiger partial charge in [0.15, 0.2) is 0 Å². The molecule has 1 aromatic rings. The van der Waals surface area contributed by atoms with Gasteiger partial charge in [0.2, 0.25) is 0 Å². The molecule has 0 spiro atoms. The SMILES string of the molecule is Cc1cc(N)c(C)c(Cl)c1N. The van der Waals surface area contributed by atoms with E-state index in [1.807, 2.05) is 19.9 Å². The molecule has 0 amide bonds. The van der Waals surface area contributed by atoms with Gasteiger partial charge in [-0.3, -0.25) is 0 Å². The standard InChI is InChI=1S/C8H11ClN2/c1-4-3-6(10)5(2)7(9)8(4)11/h3H,10-11H2,1-2H3. The third-order valence-corrected chi connectivity index (χ3v) is 2.28. The van der Waals surface area contributed by atoms with Gasteiger partial charge in [-0.25, -0.2) is 0 Å². The van der Waals surface area contributed by atoms with Crippen LogP contribution in [0, 0.1) is 13.8 Å². The number of nitrogen functional groups attached to an aromatic ring is 2.